The minimum atomic E-state index is 0.535. The molecule has 1 heterocycles. The number of nitrogens with zero attached hydrogens (tertiary/aromatic N) is 1. The summed E-state index contributed by atoms with van der Waals surface area (Å²) in [6.45, 7) is 5.52. The van der Waals surface area contributed by atoms with Crippen LogP contribution >= 0.6 is 0 Å². The smallest absolute Gasteiger partial charge is 0.0887 e. The van der Waals surface area contributed by atoms with Gasteiger partial charge in [0.15, 0.2) is 0 Å². The Morgan fingerprint density at radius 1 is 1.47 bits per heavy atom. The number of rotatable bonds is 7. The molecule has 3 heteroatoms. The predicted octanol–water partition coefficient (Wildman–Crippen LogP) is 2.02. The Balaban J connectivity index is 2.22. The first-order valence-electron chi connectivity index (χ1n) is 5.19. The molecular weight excluding hydrogens is 188 g/mol. The van der Waals surface area contributed by atoms with Crippen molar-refractivity contribution >= 4 is 0 Å². The van der Waals surface area contributed by atoms with Gasteiger partial charge in [0.1, 0.15) is 0 Å². The third kappa shape index (κ3) is 4.72. The van der Waals surface area contributed by atoms with Gasteiger partial charge in [-0.3, -0.25) is 4.98 Å². The van der Waals surface area contributed by atoms with E-state index in [1.807, 2.05) is 18.2 Å². The summed E-state index contributed by atoms with van der Waals surface area (Å²) in [4.78, 5) is 4.24. The molecule has 0 fully saturated rings. The first-order valence-corrected chi connectivity index (χ1v) is 5.19. The van der Waals surface area contributed by atoms with Gasteiger partial charge >= 0.3 is 0 Å². The van der Waals surface area contributed by atoms with E-state index in [0.717, 1.165) is 30.7 Å². The quantitative estimate of drug-likeness (QED) is 0.548. The minimum absolute atomic E-state index is 0.535. The van der Waals surface area contributed by atoms with E-state index in [-0.39, 0.29) is 0 Å². The van der Waals surface area contributed by atoms with Crippen LogP contribution in [0, 0.1) is 0 Å². The molecular formula is C12H18N2O. The summed E-state index contributed by atoms with van der Waals surface area (Å²) in [6.07, 6.45) is 5.71. The maximum Gasteiger partial charge on any atom is 0.0887 e. The summed E-state index contributed by atoms with van der Waals surface area (Å²) in [5.74, 6) is 0. The molecule has 1 aromatic rings. The molecule has 82 valence electrons. The van der Waals surface area contributed by atoms with Crippen molar-refractivity contribution in [1.82, 2.24) is 4.98 Å². The van der Waals surface area contributed by atoms with Crippen molar-refractivity contribution in [3.63, 3.8) is 0 Å². The van der Waals surface area contributed by atoms with E-state index in [4.69, 9.17) is 10.5 Å². The van der Waals surface area contributed by atoms with Crippen molar-refractivity contribution in [2.45, 2.75) is 26.0 Å². The third-order valence-electron chi connectivity index (χ3n) is 2.07. The Labute approximate surface area is 91.0 Å². The molecule has 0 aliphatic heterocycles. The lowest BCUT2D eigenvalue weighted by Crippen LogP contribution is -2.00. The van der Waals surface area contributed by atoms with Crippen molar-refractivity contribution in [1.29, 1.82) is 0 Å². The van der Waals surface area contributed by atoms with E-state index in [9.17, 15) is 0 Å². The molecule has 15 heavy (non-hydrogen) atoms. The van der Waals surface area contributed by atoms with Gasteiger partial charge in [-0.05, 0) is 24.5 Å². The lowest BCUT2D eigenvalue weighted by atomic mass is 10.2. The summed E-state index contributed by atoms with van der Waals surface area (Å²) in [5.41, 5.74) is 7.47. The Bertz CT molecular complexity index is 282. The Morgan fingerprint density at radius 3 is 2.93 bits per heavy atom. The van der Waals surface area contributed by atoms with Crippen LogP contribution in [0.4, 0.5) is 0 Å². The Morgan fingerprint density at radius 2 is 2.33 bits per heavy atom. The highest BCUT2D eigenvalue weighted by atomic mass is 16.5. The molecule has 0 amide bonds. The van der Waals surface area contributed by atoms with Gasteiger partial charge in [-0.25, -0.2) is 0 Å². The number of nitrogens with two attached hydrogens (primary N) is 1. The van der Waals surface area contributed by atoms with Crippen LogP contribution < -0.4 is 5.73 Å². The molecule has 0 bridgehead atoms. The lowest BCUT2D eigenvalue weighted by molar-refractivity contribution is 0.116. The van der Waals surface area contributed by atoms with Crippen LogP contribution in [0.2, 0.25) is 0 Å². The van der Waals surface area contributed by atoms with E-state index < -0.39 is 0 Å². The number of hydrogen-bond acceptors (Lipinski definition) is 3. The second kappa shape index (κ2) is 7.15. The number of ether oxygens (including phenoxy) is 1. The Kier molecular flexibility index (Phi) is 5.66. The highest BCUT2D eigenvalue weighted by Gasteiger charge is 1.95. The minimum Gasteiger partial charge on any atom is -0.375 e. The average Bonchev–Trinajstić information content (AvgIpc) is 2.30. The zero-order valence-electron chi connectivity index (χ0n) is 8.98. The molecule has 0 aliphatic carbocycles. The monoisotopic (exact) mass is 206 g/mol. The summed E-state index contributed by atoms with van der Waals surface area (Å²) >= 11 is 0. The van der Waals surface area contributed by atoms with Crippen molar-refractivity contribution in [2.24, 2.45) is 5.73 Å². The zero-order chi connectivity index (χ0) is 10.9. The maximum atomic E-state index is 5.47. The highest BCUT2D eigenvalue weighted by Crippen LogP contribution is 2.01. The van der Waals surface area contributed by atoms with Gasteiger partial charge < -0.3 is 10.5 Å². The molecule has 0 saturated carbocycles. The van der Waals surface area contributed by atoms with Crippen molar-refractivity contribution in [3.05, 3.63) is 42.2 Å². The summed E-state index contributed by atoms with van der Waals surface area (Å²) in [6, 6.07) is 3.94. The van der Waals surface area contributed by atoms with Crippen LogP contribution in [-0.4, -0.2) is 11.6 Å². The first-order chi connectivity index (χ1) is 7.36. The van der Waals surface area contributed by atoms with E-state index in [2.05, 4.69) is 11.6 Å². The van der Waals surface area contributed by atoms with Gasteiger partial charge in [-0.1, -0.05) is 12.1 Å². The molecule has 0 unspecified atom stereocenters. The SMILES string of the molecule is C=CCCCOCc1ccc(CN)cn1. The number of pyridine rings is 1. The van der Waals surface area contributed by atoms with Gasteiger partial charge in [0.25, 0.3) is 0 Å². The fourth-order valence-electron chi connectivity index (χ4n) is 1.17. The van der Waals surface area contributed by atoms with Crippen LogP contribution in [0.1, 0.15) is 24.1 Å². The molecule has 1 aromatic heterocycles. The first kappa shape index (κ1) is 11.9. The van der Waals surface area contributed by atoms with E-state index in [1.165, 1.54) is 0 Å². The molecule has 0 atom stereocenters. The number of allylic oxidation sites excluding steroid dienone is 1. The topological polar surface area (TPSA) is 48.1 Å². The fourth-order valence-corrected chi connectivity index (χ4v) is 1.17. The molecule has 0 radical (unpaired) electrons. The van der Waals surface area contributed by atoms with E-state index in [1.54, 1.807) is 6.20 Å². The lowest BCUT2D eigenvalue weighted by Gasteiger charge is -2.03. The van der Waals surface area contributed by atoms with Crippen molar-refractivity contribution < 1.29 is 4.74 Å². The predicted molar refractivity (Wildman–Crippen MR) is 61.2 cm³/mol. The van der Waals surface area contributed by atoms with Gasteiger partial charge in [0.2, 0.25) is 0 Å². The molecule has 0 spiro atoms. The van der Waals surface area contributed by atoms with Gasteiger partial charge in [-0.15, -0.1) is 6.58 Å². The molecule has 2 N–H and O–H groups in total. The standard InChI is InChI=1S/C12H18N2O/c1-2-3-4-7-15-10-12-6-5-11(8-13)9-14-12/h2,5-6,9H,1,3-4,7-8,10,13H2. The normalized spacial score (nSPS) is 10.2. The second-order valence-corrected chi connectivity index (χ2v) is 3.35. The summed E-state index contributed by atoms with van der Waals surface area (Å²) < 4.78 is 5.45. The van der Waals surface area contributed by atoms with Gasteiger partial charge in [0, 0.05) is 19.3 Å². The summed E-state index contributed by atoms with van der Waals surface area (Å²) in [5, 5.41) is 0. The maximum absolute atomic E-state index is 5.47. The molecule has 1 rings (SSSR count). The Hall–Kier alpha value is -1.19. The number of aromatic nitrogens is 1. The van der Waals surface area contributed by atoms with Crippen LogP contribution in [0.5, 0.6) is 0 Å². The molecule has 0 aliphatic rings. The summed E-state index contributed by atoms with van der Waals surface area (Å²) in [7, 11) is 0. The highest BCUT2D eigenvalue weighted by molar-refractivity contribution is 5.13. The van der Waals surface area contributed by atoms with Gasteiger partial charge in [0.05, 0.1) is 12.3 Å². The van der Waals surface area contributed by atoms with Crippen molar-refractivity contribution in [3.8, 4) is 0 Å². The third-order valence-corrected chi connectivity index (χ3v) is 2.07. The molecule has 0 saturated heterocycles. The second-order valence-electron chi connectivity index (χ2n) is 3.35. The van der Waals surface area contributed by atoms with Crippen LogP contribution in [0.3, 0.4) is 0 Å². The van der Waals surface area contributed by atoms with Crippen LogP contribution in [0.15, 0.2) is 31.0 Å². The van der Waals surface area contributed by atoms with E-state index in [0.29, 0.717) is 13.2 Å². The van der Waals surface area contributed by atoms with E-state index >= 15 is 0 Å². The largest absolute Gasteiger partial charge is 0.375 e. The van der Waals surface area contributed by atoms with Gasteiger partial charge in [-0.2, -0.15) is 0 Å². The number of unbranched alkanes of at least 4 members (excludes halogenated alkanes) is 1. The molecule has 0 aromatic carbocycles. The average molecular weight is 206 g/mol. The molecule has 3 nitrogen and oxygen atoms in total. The fraction of sp³-hybridized carbons (Fsp3) is 0.417. The number of hydrogen-bond donors (Lipinski definition) is 1. The van der Waals surface area contributed by atoms with Crippen LogP contribution in [0.25, 0.3) is 0 Å². The zero-order valence-corrected chi connectivity index (χ0v) is 8.98. The van der Waals surface area contributed by atoms with Crippen LogP contribution in [-0.2, 0) is 17.9 Å². The van der Waals surface area contributed by atoms with Crippen molar-refractivity contribution in [2.75, 3.05) is 6.61 Å².